The molecule has 0 radical (unpaired) electrons. The number of benzene rings is 1. The van der Waals surface area contributed by atoms with Gasteiger partial charge in [-0.05, 0) is 24.8 Å². The first-order chi connectivity index (χ1) is 7.83. The minimum Gasteiger partial charge on any atom is -0.492 e. The maximum Gasteiger partial charge on any atom is 0.138 e. The first kappa shape index (κ1) is 12.9. The van der Waals surface area contributed by atoms with Crippen LogP contribution in [0.5, 0.6) is 5.75 Å². The zero-order valence-corrected chi connectivity index (χ0v) is 10.6. The summed E-state index contributed by atoms with van der Waals surface area (Å²) >= 11 is 1.58. The van der Waals surface area contributed by atoms with Gasteiger partial charge in [-0.15, -0.1) is 11.8 Å². The third kappa shape index (κ3) is 3.46. The molecule has 2 nitrogen and oxygen atoms in total. The van der Waals surface area contributed by atoms with Gasteiger partial charge in [-0.2, -0.15) is 5.26 Å². The van der Waals surface area contributed by atoms with E-state index in [1.807, 2.05) is 24.5 Å². The summed E-state index contributed by atoms with van der Waals surface area (Å²) in [5.74, 6) is 0.713. The Morgan fingerprint density at radius 3 is 2.81 bits per heavy atom. The van der Waals surface area contributed by atoms with Crippen LogP contribution in [0.2, 0.25) is 0 Å². The van der Waals surface area contributed by atoms with Crippen LogP contribution in [0.4, 0.5) is 0 Å². The molecule has 3 heteroatoms. The van der Waals surface area contributed by atoms with Crippen LogP contribution in [0.3, 0.4) is 0 Å². The second kappa shape index (κ2) is 7.19. The summed E-state index contributed by atoms with van der Waals surface area (Å²) in [5.41, 5.74) is 0.659. The fourth-order valence-corrected chi connectivity index (χ4v) is 2.01. The predicted molar refractivity (Wildman–Crippen MR) is 68.0 cm³/mol. The van der Waals surface area contributed by atoms with E-state index >= 15 is 0 Å². The molecule has 0 saturated heterocycles. The molecule has 0 saturated carbocycles. The number of ether oxygens (including phenoxy) is 1. The minimum absolute atomic E-state index is 0.659. The van der Waals surface area contributed by atoms with Crippen molar-refractivity contribution in [3.63, 3.8) is 0 Å². The van der Waals surface area contributed by atoms with Crippen molar-refractivity contribution in [1.82, 2.24) is 0 Å². The number of hydrogen-bond donors (Lipinski definition) is 0. The smallest absolute Gasteiger partial charge is 0.138 e. The van der Waals surface area contributed by atoms with E-state index in [4.69, 9.17) is 10.00 Å². The van der Waals surface area contributed by atoms with Crippen LogP contribution in [0.15, 0.2) is 23.1 Å². The molecule has 1 aromatic carbocycles. The van der Waals surface area contributed by atoms with Gasteiger partial charge in [-0.1, -0.05) is 25.8 Å². The molecule has 1 aromatic rings. The van der Waals surface area contributed by atoms with Crippen molar-refractivity contribution in [2.45, 2.75) is 31.1 Å². The van der Waals surface area contributed by atoms with Gasteiger partial charge in [0.25, 0.3) is 0 Å². The van der Waals surface area contributed by atoms with Gasteiger partial charge in [-0.25, -0.2) is 0 Å². The maximum absolute atomic E-state index is 9.09. The molecule has 0 unspecified atom stereocenters. The van der Waals surface area contributed by atoms with Crippen molar-refractivity contribution < 1.29 is 4.74 Å². The first-order valence-corrected chi connectivity index (χ1v) is 6.75. The summed E-state index contributed by atoms with van der Waals surface area (Å²) in [5, 5.41) is 9.09. The average Bonchev–Trinajstić information content (AvgIpc) is 2.34. The highest BCUT2D eigenvalue weighted by atomic mass is 32.2. The lowest BCUT2D eigenvalue weighted by Gasteiger charge is -2.09. The van der Waals surface area contributed by atoms with Gasteiger partial charge in [0.1, 0.15) is 17.4 Å². The molecule has 1 rings (SSSR count). The zero-order chi connectivity index (χ0) is 11.8. The standard InChI is InChI=1S/C13H17NOS/c1-3-4-5-9-15-12-7-6-8-13(16-2)11(12)10-14/h6-8H,3-5,9H2,1-2H3. The van der Waals surface area contributed by atoms with Crippen LogP contribution in [-0.4, -0.2) is 12.9 Å². The van der Waals surface area contributed by atoms with Crippen molar-refractivity contribution in [2.24, 2.45) is 0 Å². The highest BCUT2D eigenvalue weighted by Crippen LogP contribution is 2.28. The number of nitrogens with zero attached hydrogens (tertiary/aromatic N) is 1. The largest absolute Gasteiger partial charge is 0.492 e. The maximum atomic E-state index is 9.09. The number of unbranched alkanes of at least 4 members (excludes halogenated alkanes) is 2. The summed E-state index contributed by atoms with van der Waals surface area (Å²) in [6, 6.07) is 7.95. The highest BCUT2D eigenvalue weighted by Gasteiger charge is 2.07. The van der Waals surface area contributed by atoms with E-state index in [-0.39, 0.29) is 0 Å². The Morgan fingerprint density at radius 2 is 2.19 bits per heavy atom. The van der Waals surface area contributed by atoms with Crippen LogP contribution >= 0.6 is 11.8 Å². The normalized spacial score (nSPS) is 9.81. The molecular formula is C13H17NOS. The molecule has 0 aliphatic heterocycles. The summed E-state index contributed by atoms with van der Waals surface area (Å²) in [4.78, 5) is 0.982. The number of rotatable bonds is 6. The Morgan fingerprint density at radius 1 is 1.38 bits per heavy atom. The number of nitriles is 1. The van der Waals surface area contributed by atoms with Crippen molar-refractivity contribution in [3.8, 4) is 11.8 Å². The van der Waals surface area contributed by atoms with Crippen LogP contribution in [-0.2, 0) is 0 Å². The zero-order valence-electron chi connectivity index (χ0n) is 9.82. The Labute approximate surface area is 102 Å². The molecule has 0 N–H and O–H groups in total. The Kier molecular flexibility index (Phi) is 5.81. The second-order valence-corrected chi connectivity index (χ2v) is 4.35. The molecule has 0 aliphatic carbocycles. The molecule has 0 fully saturated rings. The fraction of sp³-hybridized carbons (Fsp3) is 0.462. The Hall–Kier alpha value is -1.14. The highest BCUT2D eigenvalue weighted by molar-refractivity contribution is 7.98. The van der Waals surface area contributed by atoms with Crippen LogP contribution in [0, 0.1) is 11.3 Å². The lowest BCUT2D eigenvalue weighted by Crippen LogP contribution is -1.99. The molecule has 0 aromatic heterocycles. The summed E-state index contributed by atoms with van der Waals surface area (Å²) in [6.07, 6.45) is 5.37. The Balaban J connectivity index is 2.68. The molecule has 0 atom stereocenters. The summed E-state index contributed by atoms with van der Waals surface area (Å²) in [6.45, 7) is 2.86. The van der Waals surface area contributed by atoms with Crippen molar-refractivity contribution in [1.29, 1.82) is 5.26 Å². The van der Waals surface area contributed by atoms with Gasteiger partial charge in [0.05, 0.1) is 6.61 Å². The van der Waals surface area contributed by atoms with Crippen LogP contribution in [0.1, 0.15) is 31.7 Å². The SMILES string of the molecule is CCCCCOc1cccc(SC)c1C#N. The van der Waals surface area contributed by atoms with Gasteiger partial charge >= 0.3 is 0 Å². The molecule has 0 amide bonds. The third-order valence-electron chi connectivity index (χ3n) is 2.33. The minimum atomic E-state index is 0.659. The van der Waals surface area contributed by atoms with E-state index in [1.165, 1.54) is 12.8 Å². The lowest BCUT2D eigenvalue weighted by atomic mass is 10.2. The molecule has 16 heavy (non-hydrogen) atoms. The van der Waals surface area contributed by atoms with Crippen molar-refractivity contribution in [2.75, 3.05) is 12.9 Å². The molecule has 0 heterocycles. The van der Waals surface area contributed by atoms with Crippen LogP contribution in [0.25, 0.3) is 0 Å². The van der Waals surface area contributed by atoms with E-state index < -0.39 is 0 Å². The topological polar surface area (TPSA) is 33.0 Å². The predicted octanol–water partition coefficient (Wildman–Crippen LogP) is 3.85. The van der Waals surface area contributed by atoms with Gasteiger partial charge in [0.15, 0.2) is 0 Å². The molecule has 0 spiro atoms. The quantitative estimate of drug-likeness (QED) is 0.554. The van der Waals surface area contributed by atoms with Gasteiger partial charge < -0.3 is 4.74 Å². The summed E-state index contributed by atoms with van der Waals surface area (Å²) < 4.78 is 5.64. The van der Waals surface area contributed by atoms with Crippen molar-refractivity contribution >= 4 is 11.8 Å². The second-order valence-electron chi connectivity index (χ2n) is 3.50. The van der Waals surface area contributed by atoms with E-state index in [9.17, 15) is 0 Å². The van der Waals surface area contributed by atoms with Crippen LogP contribution < -0.4 is 4.74 Å². The number of thioether (sulfide) groups is 1. The molecule has 0 bridgehead atoms. The van der Waals surface area contributed by atoms with E-state index in [0.29, 0.717) is 17.9 Å². The lowest BCUT2D eigenvalue weighted by molar-refractivity contribution is 0.304. The third-order valence-corrected chi connectivity index (χ3v) is 3.11. The average molecular weight is 235 g/mol. The van der Waals surface area contributed by atoms with E-state index in [2.05, 4.69) is 13.0 Å². The summed E-state index contributed by atoms with van der Waals surface area (Å²) in [7, 11) is 0. The van der Waals surface area contributed by atoms with Gasteiger partial charge in [0, 0.05) is 4.90 Å². The first-order valence-electron chi connectivity index (χ1n) is 5.53. The van der Waals surface area contributed by atoms with Crippen molar-refractivity contribution in [3.05, 3.63) is 23.8 Å². The molecule has 0 aliphatic rings. The molecular weight excluding hydrogens is 218 g/mol. The number of hydrogen-bond acceptors (Lipinski definition) is 3. The van der Waals surface area contributed by atoms with E-state index in [1.54, 1.807) is 11.8 Å². The fourth-order valence-electron chi connectivity index (χ4n) is 1.45. The van der Waals surface area contributed by atoms with E-state index in [0.717, 1.165) is 11.3 Å². The Bertz CT molecular complexity index is 371. The van der Waals surface area contributed by atoms with Gasteiger partial charge in [-0.3, -0.25) is 0 Å². The van der Waals surface area contributed by atoms with Gasteiger partial charge in [0.2, 0.25) is 0 Å². The monoisotopic (exact) mass is 235 g/mol. The molecule has 86 valence electrons.